The van der Waals surface area contributed by atoms with Crippen LogP contribution >= 0.6 is 0 Å². The van der Waals surface area contributed by atoms with E-state index in [4.69, 9.17) is 0 Å². The van der Waals surface area contributed by atoms with Gasteiger partial charge in [0, 0.05) is 17.8 Å². The number of carbonyl (C=O) groups excluding carboxylic acids is 1. The first-order valence-corrected chi connectivity index (χ1v) is 8.62. The van der Waals surface area contributed by atoms with Crippen molar-refractivity contribution in [2.24, 2.45) is 0 Å². The van der Waals surface area contributed by atoms with Gasteiger partial charge in [0.05, 0.1) is 22.6 Å². The lowest BCUT2D eigenvalue weighted by Crippen LogP contribution is -2.17. The second kappa shape index (κ2) is 6.84. The van der Waals surface area contributed by atoms with Crippen LogP contribution in [-0.2, 0) is 0 Å². The quantitative estimate of drug-likeness (QED) is 0.569. The van der Waals surface area contributed by atoms with Gasteiger partial charge in [-0.3, -0.25) is 4.79 Å². The van der Waals surface area contributed by atoms with Crippen LogP contribution in [0.1, 0.15) is 21.7 Å². The molecule has 4 rings (SSSR count). The predicted molar refractivity (Wildman–Crippen MR) is 102 cm³/mol. The normalized spacial score (nSPS) is 11.0. The Morgan fingerprint density at radius 3 is 2.57 bits per heavy atom. The van der Waals surface area contributed by atoms with E-state index in [1.165, 1.54) is 6.20 Å². The number of carbonyl (C=O) groups is 1. The van der Waals surface area contributed by atoms with Crippen molar-refractivity contribution in [1.29, 1.82) is 0 Å². The predicted octanol–water partition coefficient (Wildman–Crippen LogP) is 4.54. The number of amides is 1. The maximum Gasteiger partial charge on any atom is 0.259 e. The van der Waals surface area contributed by atoms with E-state index in [1.807, 2.05) is 37.3 Å². The summed E-state index contributed by atoms with van der Waals surface area (Å²) in [5.74, 6) is -1.95. The van der Waals surface area contributed by atoms with E-state index in [2.05, 4.69) is 15.4 Å². The van der Waals surface area contributed by atoms with Gasteiger partial charge >= 0.3 is 0 Å². The average molecular weight is 378 g/mol. The first-order chi connectivity index (χ1) is 13.5. The maximum absolute atomic E-state index is 13.8. The molecular weight excluding hydrogens is 362 g/mol. The minimum Gasteiger partial charge on any atom is -0.319 e. The molecule has 28 heavy (non-hydrogen) atoms. The lowest BCUT2D eigenvalue weighted by molar-refractivity contribution is 0.102. The zero-order valence-electron chi connectivity index (χ0n) is 15.2. The standard InChI is InChI=1S/C21H16F2N4O/c1-12-19(14-6-4-3-5-7-14)20-24-11-16(13(2)27(20)26-12)21(28)25-18-10-15(22)8-9-17(18)23/h3-11H,1-2H3,(H,25,28). The highest BCUT2D eigenvalue weighted by molar-refractivity contribution is 6.05. The Bertz CT molecular complexity index is 1200. The van der Waals surface area contributed by atoms with Gasteiger partial charge in [0.1, 0.15) is 11.6 Å². The minimum absolute atomic E-state index is 0.221. The molecule has 0 radical (unpaired) electrons. The zero-order chi connectivity index (χ0) is 19.8. The molecule has 0 aliphatic rings. The summed E-state index contributed by atoms with van der Waals surface area (Å²) in [5.41, 5.74) is 3.78. The van der Waals surface area contributed by atoms with E-state index in [0.29, 0.717) is 11.3 Å². The van der Waals surface area contributed by atoms with Crippen molar-refractivity contribution in [2.45, 2.75) is 13.8 Å². The molecule has 0 saturated carbocycles. The average Bonchev–Trinajstić information content (AvgIpc) is 3.02. The Morgan fingerprint density at radius 2 is 1.82 bits per heavy atom. The van der Waals surface area contributed by atoms with Crippen LogP contribution < -0.4 is 5.32 Å². The molecule has 0 atom stereocenters. The van der Waals surface area contributed by atoms with Crippen LogP contribution in [0.3, 0.4) is 0 Å². The number of hydrogen-bond acceptors (Lipinski definition) is 3. The summed E-state index contributed by atoms with van der Waals surface area (Å²) in [6.45, 7) is 3.60. The number of benzene rings is 2. The number of rotatable bonds is 3. The Balaban J connectivity index is 1.76. The summed E-state index contributed by atoms with van der Waals surface area (Å²) in [5, 5.41) is 6.90. The summed E-state index contributed by atoms with van der Waals surface area (Å²) >= 11 is 0. The summed E-state index contributed by atoms with van der Waals surface area (Å²) < 4.78 is 28.8. The molecular formula is C21H16F2N4O. The number of nitrogens with one attached hydrogen (secondary N) is 1. The molecule has 0 fully saturated rings. The van der Waals surface area contributed by atoms with Gasteiger partial charge in [-0.15, -0.1) is 0 Å². The Kier molecular flexibility index (Phi) is 4.35. The van der Waals surface area contributed by atoms with Gasteiger partial charge in [-0.2, -0.15) is 5.10 Å². The summed E-state index contributed by atoms with van der Waals surface area (Å²) in [7, 11) is 0. The van der Waals surface area contributed by atoms with Crippen LogP contribution in [0.25, 0.3) is 16.8 Å². The molecule has 0 spiro atoms. The van der Waals surface area contributed by atoms with Gasteiger partial charge < -0.3 is 5.32 Å². The highest BCUT2D eigenvalue weighted by atomic mass is 19.1. The molecule has 0 unspecified atom stereocenters. The maximum atomic E-state index is 13.8. The highest BCUT2D eigenvalue weighted by Crippen LogP contribution is 2.28. The van der Waals surface area contributed by atoms with Gasteiger partial charge in [-0.05, 0) is 31.5 Å². The Morgan fingerprint density at radius 1 is 1.07 bits per heavy atom. The Labute approximate surface area is 159 Å². The fraction of sp³-hybridized carbons (Fsp3) is 0.0952. The second-order valence-electron chi connectivity index (χ2n) is 6.40. The van der Waals surface area contributed by atoms with Crippen molar-refractivity contribution in [3.05, 3.63) is 83.3 Å². The van der Waals surface area contributed by atoms with E-state index in [9.17, 15) is 13.6 Å². The highest BCUT2D eigenvalue weighted by Gasteiger charge is 2.19. The SMILES string of the molecule is Cc1nn2c(C)c(C(=O)Nc3cc(F)ccc3F)cnc2c1-c1ccccc1. The summed E-state index contributed by atoms with van der Waals surface area (Å²) in [6.07, 6.45) is 1.42. The van der Waals surface area contributed by atoms with Gasteiger partial charge in [0.25, 0.3) is 5.91 Å². The van der Waals surface area contributed by atoms with Gasteiger partial charge in [0.2, 0.25) is 0 Å². The van der Waals surface area contributed by atoms with Crippen molar-refractivity contribution in [3.63, 3.8) is 0 Å². The van der Waals surface area contributed by atoms with Crippen molar-refractivity contribution < 1.29 is 13.6 Å². The largest absolute Gasteiger partial charge is 0.319 e. The molecule has 2 aromatic carbocycles. The number of fused-ring (bicyclic) bond motifs is 1. The lowest BCUT2D eigenvalue weighted by atomic mass is 10.1. The van der Waals surface area contributed by atoms with Crippen LogP contribution in [0.2, 0.25) is 0 Å². The molecule has 0 bridgehead atoms. The fourth-order valence-corrected chi connectivity index (χ4v) is 3.15. The molecule has 5 nitrogen and oxygen atoms in total. The van der Waals surface area contributed by atoms with Crippen molar-refractivity contribution in [3.8, 4) is 11.1 Å². The van der Waals surface area contributed by atoms with E-state index in [1.54, 1.807) is 11.4 Å². The van der Waals surface area contributed by atoms with E-state index in [0.717, 1.165) is 35.0 Å². The third kappa shape index (κ3) is 3.00. The molecule has 2 heterocycles. The van der Waals surface area contributed by atoms with Crippen molar-refractivity contribution in [1.82, 2.24) is 14.6 Å². The van der Waals surface area contributed by atoms with Crippen LogP contribution in [-0.4, -0.2) is 20.5 Å². The monoisotopic (exact) mass is 378 g/mol. The molecule has 0 aliphatic carbocycles. The zero-order valence-corrected chi connectivity index (χ0v) is 15.2. The van der Waals surface area contributed by atoms with Crippen molar-refractivity contribution >= 4 is 17.2 Å². The topological polar surface area (TPSA) is 59.3 Å². The first kappa shape index (κ1) is 17.8. The number of hydrogen-bond donors (Lipinski definition) is 1. The number of aryl methyl sites for hydroxylation is 2. The summed E-state index contributed by atoms with van der Waals surface area (Å²) in [4.78, 5) is 17.0. The molecule has 2 aromatic heterocycles. The van der Waals surface area contributed by atoms with E-state index in [-0.39, 0.29) is 11.3 Å². The van der Waals surface area contributed by atoms with E-state index < -0.39 is 17.5 Å². The van der Waals surface area contributed by atoms with Gasteiger partial charge in [0.15, 0.2) is 5.65 Å². The lowest BCUT2D eigenvalue weighted by Gasteiger charge is -2.10. The van der Waals surface area contributed by atoms with Crippen LogP contribution in [0.4, 0.5) is 14.5 Å². The molecule has 140 valence electrons. The number of nitrogens with zero attached hydrogens (tertiary/aromatic N) is 3. The van der Waals surface area contributed by atoms with Crippen LogP contribution in [0.15, 0.2) is 54.7 Å². The smallest absolute Gasteiger partial charge is 0.259 e. The van der Waals surface area contributed by atoms with Crippen LogP contribution in [0, 0.1) is 25.5 Å². The molecule has 1 amide bonds. The minimum atomic E-state index is -0.720. The molecule has 7 heteroatoms. The third-order valence-electron chi connectivity index (χ3n) is 4.54. The van der Waals surface area contributed by atoms with E-state index >= 15 is 0 Å². The Hall–Kier alpha value is -3.61. The molecule has 0 saturated heterocycles. The molecule has 1 N–H and O–H groups in total. The van der Waals surface area contributed by atoms with Crippen molar-refractivity contribution in [2.75, 3.05) is 5.32 Å². The van der Waals surface area contributed by atoms with Gasteiger partial charge in [-0.25, -0.2) is 18.3 Å². The fourth-order valence-electron chi connectivity index (χ4n) is 3.15. The number of anilines is 1. The number of aromatic nitrogens is 3. The number of halogens is 2. The molecule has 4 aromatic rings. The second-order valence-corrected chi connectivity index (χ2v) is 6.40. The summed E-state index contributed by atoms with van der Waals surface area (Å²) in [6, 6.07) is 12.6. The first-order valence-electron chi connectivity index (χ1n) is 8.62. The van der Waals surface area contributed by atoms with Gasteiger partial charge in [-0.1, -0.05) is 30.3 Å². The van der Waals surface area contributed by atoms with Crippen LogP contribution in [0.5, 0.6) is 0 Å². The third-order valence-corrected chi connectivity index (χ3v) is 4.54. The molecule has 0 aliphatic heterocycles.